The maximum Gasteiger partial charge on any atom is 0.414 e. The lowest BCUT2D eigenvalue weighted by atomic mass is 10.2. The number of carbonyl (C=O) groups is 1. The fourth-order valence-electron chi connectivity index (χ4n) is 4.35. The molecule has 0 radical (unpaired) electrons. The van der Waals surface area contributed by atoms with Crippen molar-refractivity contribution in [2.45, 2.75) is 33.0 Å². The Hall–Kier alpha value is -4.86. The Balaban J connectivity index is 1.38. The maximum atomic E-state index is 13.5. The van der Waals surface area contributed by atoms with Crippen molar-refractivity contribution in [1.29, 1.82) is 0 Å². The molecule has 10 heteroatoms. The largest absolute Gasteiger partial charge is 0.489 e. The molecule has 9 nitrogen and oxygen atoms in total. The second-order valence-electron chi connectivity index (χ2n) is 10.4. The van der Waals surface area contributed by atoms with E-state index in [-0.39, 0.29) is 12.4 Å². The Bertz CT molecular complexity index is 1520. The second-order valence-corrected chi connectivity index (χ2v) is 10.4. The van der Waals surface area contributed by atoms with Gasteiger partial charge in [0.05, 0.1) is 0 Å². The number of benzene rings is 3. The zero-order chi connectivity index (χ0) is 28.4. The molecule has 1 aliphatic heterocycles. The predicted molar refractivity (Wildman–Crippen MR) is 154 cm³/mol. The fourth-order valence-corrected chi connectivity index (χ4v) is 4.35. The summed E-state index contributed by atoms with van der Waals surface area (Å²) in [4.78, 5) is 26.9. The van der Waals surface area contributed by atoms with Gasteiger partial charge in [0.2, 0.25) is 0 Å². The number of nitrogens with two attached hydrogens (primary N) is 1. The quantitative estimate of drug-likeness (QED) is 0.299. The van der Waals surface area contributed by atoms with Gasteiger partial charge in [-0.05, 0) is 80.9 Å². The standard InChI is InChI=1S/C30H31FN6O3/c1-30(2,3)40-29(38)35(4)23-9-6-10-24(16-23)37-19-36(26-27(32)33-18-34-28(26)37)22-11-13-25(14-12-22)39-17-20-7-5-8-21(31)15-20/h5-16,18H,17,19H2,1-4H3,(H2,32,33,34). The Morgan fingerprint density at radius 3 is 2.48 bits per heavy atom. The molecule has 1 aromatic heterocycles. The van der Waals surface area contributed by atoms with Crippen molar-refractivity contribution in [2.75, 3.05) is 34.1 Å². The van der Waals surface area contributed by atoms with Crippen molar-refractivity contribution in [3.05, 3.63) is 90.5 Å². The van der Waals surface area contributed by atoms with Crippen molar-refractivity contribution in [1.82, 2.24) is 9.97 Å². The number of hydrogen-bond acceptors (Lipinski definition) is 8. The van der Waals surface area contributed by atoms with Crippen LogP contribution in [-0.2, 0) is 11.3 Å². The highest BCUT2D eigenvalue weighted by atomic mass is 19.1. The maximum absolute atomic E-state index is 13.5. The normalized spacial score (nSPS) is 12.7. The Morgan fingerprint density at radius 2 is 1.75 bits per heavy atom. The Kier molecular flexibility index (Phi) is 7.17. The number of rotatable bonds is 6. The number of ether oxygens (including phenoxy) is 2. The van der Waals surface area contributed by atoms with Crippen molar-refractivity contribution in [3.63, 3.8) is 0 Å². The van der Waals surface area contributed by atoms with E-state index < -0.39 is 11.7 Å². The highest BCUT2D eigenvalue weighted by Crippen LogP contribution is 2.45. The van der Waals surface area contributed by atoms with Gasteiger partial charge in [0.25, 0.3) is 0 Å². The third-order valence-corrected chi connectivity index (χ3v) is 6.28. The van der Waals surface area contributed by atoms with Gasteiger partial charge in [-0.1, -0.05) is 18.2 Å². The first-order valence-electron chi connectivity index (χ1n) is 12.8. The molecule has 3 aromatic carbocycles. The summed E-state index contributed by atoms with van der Waals surface area (Å²) in [7, 11) is 1.68. The zero-order valence-corrected chi connectivity index (χ0v) is 22.8. The molecule has 0 aliphatic carbocycles. The number of carbonyl (C=O) groups excluding carboxylic acids is 1. The molecule has 5 rings (SSSR count). The molecular formula is C30H31FN6O3. The van der Waals surface area contributed by atoms with Gasteiger partial charge in [-0.25, -0.2) is 19.2 Å². The van der Waals surface area contributed by atoms with Crippen LogP contribution in [0.2, 0.25) is 0 Å². The van der Waals surface area contributed by atoms with E-state index in [0.29, 0.717) is 35.4 Å². The SMILES string of the molecule is CN(C(=O)OC(C)(C)C)c1cccc(N2CN(c3ccc(OCc4cccc(F)c4)cc3)c3c(N)ncnc32)c1. The van der Waals surface area contributed by atoms with Gasteiger partial charge in [0.1, 0.15) is 42.5 Å². The predicted octanol–water partition coefficient (Wildman–Crippen LogP) is 6.40. The Morgan fingerprint density at radius 1 is 1.00 bits per heavy atom. The molecule has 0 spiro atoms. The van der Waals surface area contributed by atoms with E-state index in [0.717, 1.165) is 16.9 Å². The number of amides is 1. The fraction of sp³-hybridized carbons (Fsp3) is 0.233. The number of fused-ring (bicyclic) bond motifs is 1. The lowest BCUT2D eigenvalue weighted by molar-refractivity contribution is 0.0589. The van der Waals surface area contributed by atoms with Gasteiger partial charge in [-0.2, -0.15) is 0 Å². The average molecular weight is 543 g/mol. The van der Waals surface area contributed by atoms with Crippen molar-refractivity contribution in [2.24, 2.45) is 0 Å². The van der Waals surface area contributed by atoms with Gasteiger partial charge in [-0.15, -0.1) is 0 Å². The molecule has 0 saturated heterocycles. The molecule has 4 aromatic rings. The van der Waals surface area contributed by atoms with Crippen molar-refractivity contribution < 1.29 is 18.7 Å². The van der Waals surface area contributed by atoms with Crippen LogP contribution in [0.5, 0.6) is 5.75 Å². The van der Waals surface area contributed by atoms with Gasteiger partial charge in [0, 0.05) is 24.1 Å². The molecular weight excluding hydrogens is 511 g/mol. The molecule has 40 heavy (non-hydrogen) atoms. The molecule has 0 bridgehead atoms. The van der Waals surface area contributed by atoms with Crippen LogP contribution in [0.3, 0.4) is 0 Å². The highest BCUT2D eigenvalue weighted by molar-refractivity contribution is 5.92. The summed E-state index contributed by atoms with van der Waals surface area (Å²) in [5.41, 5.74) is 9.52. The summed E-state index contributed by atoms with van der Waals surface area (Å²) in [6.45, 7) is 6.17. The molecule has 0 saturated carbocycles. The van der Waals surface area contributed by atoms with Crippen LogP contribution in [0.25, 0.3) is 0 Å². The number of halogens is 1. The van der Waals surface area contributed by atoms with Crippen LogP contribution < -0.4 is 25.2 Å². The van der Waals surface area contributed by atoms with Crippen LogP contribution in [0.1, 0.15) is 26.3 Å². The van der Waals surface area contributed by atoms with Crippen molar-refractivity contribution >= 4 is 40.5 Å². The summed E-state index contributed by atoms with van der Waals surface area (Å²) < 4.78 is 24.8. The monoisotopic (exact) mass is 542 g/mol. The summed E-state index contributed by atoms with van der Waals surface area (Å²) in [6, 6.07) is 21.5. The molecule has 0 unspecified atom stereocenters. The van der Waals surface area contributed by atoms with Crippen LogP contribution in [0, 0.1) is 5.82 Å². The number of nitrogen functional groups attached to an aromatic ring is 1. The number of nitrogens with zero attached hydrogens (tertiary/aromatic N) is 5. The van der Waals surface area contributed by atoms with E-state index >= 15 is 0 Å². The van der Waals surface area contributed by atoms with Crippen LogP contribution in [0.15, 0.2) is 79.1 Å². The van der Waals surface area contributed by atoms with Gasteiger partial charge >= 0.3 is 6.09 Å². The summed E-state index contributed by atoms with van der Waals surface area (Å²) in [5.74, 6) is 1.35. The first kappa shape index (κ1) is 26.7. The zero-order valence-electron chi connectivity index (χ0n) is 22.8. The van der Waals surface area contributed by atoms with Crippen LogP contribution in [-0.4, -0.2) is 35.4 Å². The minimum atomic E-state index is -0.605. The van der Waals surface area contributed by atoms with E-state index in [1.165, 1.54) is 23.4 Å². The van der Waals surface area contributed by atoms with Crippen LogP contribution >= 0.6 is 0 Å². The second kappa shape index (κ2) is 10.7. The Labute approximate surface area is 232 Å². The third kappa shape index (κ3) is 5.75. The van der Waals surface area contributed by atoms with Gasteiger partial charge < -0.3 is 25.0 Å². The van der Waals surface area contributed by atoms with Crippen molar-refractivity contribution in [3.8, 4) is 5.75 Å². The summed E-state index contributed by atoms with van der Waals surface area (Å²) in [5, 5.41) is 0. The molecule has 206 valence electrons. The van der Waals surface area contributed by atoms with E-state index in [2.05, 4.69) is 9.97 Å². The number of hydrogen-bond donors (Lipinski definition) is 1. The number of anilines is 6. The van der Waals surface area contributed by atoms with E-state index in [4.69, 9.17) is 15.2 Å². The smallest absolute Gasteiger partial charge is 0.414 e. The van der Waals surface area contributed by atoms with Gasteiger partial charge in [0.15, 0.2) is 11.6 Å². The molecule has 0 atom stereocenters. The first-order chi connectivity index (χ1) is 19.1. The molecule has 2 heterocycles. The molecule has 1 amide bonds. The molecule has 0 fully saturated rings. The lowest BCUT2D eigenvalue weighted by Gasteiger charge is -2.26. The minimum absolute atomic E-state index is 0.256. The topological polar surface area (TPSA) is 97.0 Å². The van der Waals surface area contributed by atoms with Gasteiger partial charge in [-0.3, -0.25) is 4.90 Å². The molecule has 1 aliphatic rings. The average Bonchev–Trinajstić information content (AvgIpc) is 3.32. The minimum Gasteiger partial charge on any atom is -0.489 e. The van der Waals surface area contributed by atoms with E-state index in [1.807, 2.05) is 85.2 Å². The molecule has 2 N–H and O–H groups in total. The third-order valence-electron chi connectivity index (χ3n) is 6.28. The summed E-state index contributed by atoms with van der Waals surface area (Å²) >= 11 is 0. The lowest BCUT2D eigenvalue weighted by Crippen LogP contribution is -2.34. The first-order valence-corrected chi connectivity index (χ1v) is 12.8. The van der Waals surface area contributed by atoms with E-state index in [1.54, 1.807) is 13.1 Å². The van der Waals surface area contributed by atoms with E-state index in [9.17, 15) is 9.18 Å². The highest BCUT2D eigenvalue weighted by Gasteiger charge is 2.32. The van der Waals surface area contributed by atoms with Crippen LogP contribution in [0.4, 0.5) is 43.6 Å². The number of aromatic nitrogens is 2. The summed E-state index contributed by atoms with van der Waals surface area (Å²) in [6.07, 6.45) is 0.990.